The first-order chi connectivity index (χ1) is 13.0. The van der Waals surface area contributed by atoms with Crippen LogP contribution in [-0.2, 0) is 4.79 Å². The summed E-state index contributed by atoms with van der Waals surface area (Å²) in [6, 6.07) is 8.76. The number of nitrogens with zero attached hydrogens (tertiary/aromatic N) is 2. The van der Waals surface area contributed by atoms with Crippen molar-refractivity contribution in [2.24, 2.45) is 4.99 Å². The molecule has 0 saturated heterocycles. The summed E-state index contributed by atoms with van der Waals surface area (Å²) in [7, 11) is 1.55. The van der Waals surface area contributed by atoms with Gasteiger partial charge in [0.15, 0.2) is 5.17 Å². The molecule has 140 valence electrons. The molecule has 0 unspecified atom stereocenters. The van der Waals surface area contributed by atoms with Crippen molar-refractivity contribution in [1.82, 2.24) is 0 Å². The molecular formula is C20H19ClN2O3S. The second-order valence-electron chi connectivity index (χ2n) is 5.99. The van der Waals surface area contributed by atoms with Gasteiger partial charge in [0, 0.05) is 11.8 Å². The molecule has 0 saturated carbocycles. The number of hydrogen-bond acceptors (Lipinski definition) is 5. The smallest absolute Gasteiger partial charge is 0.283 e. The molecule has 1 aliphatic heterocycles. The summed E-state index contributed by atoms with van der Waals surface area (Å²) in [6.45, 7) is 4.07. The predicted molar refractivity (Wildman–Crippen MR) is 111 cm³/mol. The third kappa shape index (κ3) is 4.46. The van der Waals surface area contributed by atoms with Crippen molar-refractivity contribution < 1.29 is 13.9 Å². The van der Waals surface area contributed by atoms with E-state index < -0.39 is 0 Å². The Kier molecular flexibility index (Phi) is 6.08. The molecule has 5 nitrogen and oxygen atoms in total. The predicted octanol–water partition coefficient (Wildman–Crippen LogP) is 5.38. The second-order valence-corrected chi connectivity index (χ2v) is 7.39. The van der Waals surface area contributed by atoms with Gasteiger partial charge >= 0.3 is 0 Å². The van der Waals surface area contributed by atoms with Gasteiger partial charge in [-0.15, -0.1) is 0 Å². The average molecular weight is 403 g/mol. The van der Waals surface area contributed by atoms with Gasteiger partial charge in [-0.3, -0.25) is 9.69 Å². The van der Waals surface area contributed by atoms with Gasteiger partial charge in [-0.2, -0.15) is 0 Å². The number of benzene rings is 1. The Labute approximate surface area is 167 Å². The van der Waals surface area contributed by atoms with Crippen LogP contribution in [-0.4, -0.2) is 23.9 Å². The van der Waals surface area contributed by atoms with E-state index in [1.54, 1.807) is 54.7 Å². The van der Waals surface area contributed by atoms with Crippen LogP contribution >= 0.6 is 23.4 Å². The molecule has 1 aromatic heterocycles. The highest BCUT2D eigenvalue weighted by molar-refractivity contribution is 8.14. The number of carbonyl (C=O) groups excluding carboxylic acids is 1. The van der Waals surface area contributed by atoms with Crippen molar-refractivity contribution in [2.45, 2.75) is 13.8 Å². The summed E-state index contributed by atoms with van der Waals surface area (Å²) in [5, 5.41) is 1.02. The number of furan rings is 1. The van der Waals surface area contributed by atoms with Crippen LogP contribution in [0.1, 0.15) is 19.6 Å². The first-order valence-electron chi connectivity index (χ1n) is 8.27. The van der Waals surface area contributed by atoms with E-state index in [0.717, 1.165) is 0 Å². The molecule has 0 radical (unpaired) electrons. The lowest BCUT2D eigenvalue weighted by atomic mass is 10.2. The molecule has 1 amide bonds. The Balaban J connectivity index is 1.96. The third-order valence-electron chi connectivity index (χ3n) is 3.75. The van der Waals surface area contributed by atoms with Gasteiger partial charge < -0.3 is 9.15 Å². The van der Waals surface area contributed by atoms with E-state index in [1.165, 1.54) is 17.3 Å². The van der Waals surface area contributed by atoms with Gasteiger partial charge in [-0.1, -0.05) is 35.0 Å². The van der Waals surface area contributed by atoms with Crippen LogP contribution in [0.5, 0.6) is 5.75 Å². The topological polar surface area (TPSA) is 55.0 Å². The summed E-state index contributed by atoms with van der Waals surface area (Å²) in [4.78, 5) is 19.1. The molecule has 2 heterocycles. The zero-order valence-corrected chi connectivity index (χ0v) is 16.8. The van der Waals surface area contributed by atoms with Crippen LogP contribution in [0.4, 0.5) is 5.69 Å². The summed E-state index contributed by atoms with van der Waals surface area (Å²) in [6.07, 6.45) is 5.28. The van der Waals surface area contributed by atoms with E-state index in [0.29, 0.717) is 38.8 Å². The fourth-order valence-electron chi connectivity index (χ4n) is 2.41. The lowest BCUT2D eigenvalue weighted by molar-refractivity contribution is -0.113. The highest BCUT2D eigenvalue weighted by Crippen LogP contribution is 2.34. The van der Waals surface area contributed by atoms with Crippen LogP contribution in [0.15, 0.2) is 63.4 Å². The Hall–Kier alpha value is -2.44. The van der Waals surface area contributed by atoms with Gasteiger partial charge in [0.1, 0.15) is 17.2 Å². The van der Waals surface area contributed by atoms with E-state index in [-0.39, 0.29) is 5.91 Å². The third-order valence-corrected chi connectivity index (χ3v) is 4.91. The van der Waals surface area contributed by atoms with Gasteiger partial charge in [0.2, 0.25) is 0 Å². The number of anilines is 1. The van der Waals surface area contributed by atoms with Crippen LogP contribution in [0.2, 0.25) is 5.02 Å². The van der Waals surface area contributed by atoms with Crippen molar-refractivity contribution in [3.05, 3.63) is 64.7 Å². The quantitative estimate of drug-likeness (QED) is 0.497. The van der Waals surface area contributed by atoms with Crippen molar-refractivity contribution in [1.29, 1.82) is 0 Å². The Morgan fingerprint density at radius 1 is 1.37 bits per heavy atom. The zero-order valence-electron chi connectivity index (χ0n) is 15.2. The van der Waals surface area contributed by atoms with Crippen LogP contribution < -0.4 is 9.64 Å². The van der Waals surface area contributed by atoms with Gasteiger partial charge in [0.05, 0.1) is 24.1 Å². The van der Waals surface area contributed by atoms with Crippen LogP contribution in [0, 0.1) is 0 Å². The van der Waals surface area contributed by atoms with Gasteiger partial charge in [0.25, 0.3) is 5.91 Å². The fourth-order valence-corrected chi connectivity index (χ4v) is 3.70. The number of halogens is 1. The maximum absolute atomic E-state index is 13.0. The maximum atomic E-state index is 13.0. The number of thioether (sulfide) groups is 1. The number of amides is 1. The molecule has 2 aromatic rings. The summed E-state index contributed by atoms with van der Waals surface area (Å²) in [5.41, 5.74) is 2.16. The molecule has 3 rings (SSSR count). The van der Waals surface area contributed by atoms with E-state index >= 15 is 0 Å². The molecule has 1 aliphatic rings. The Bertz CT molecular complexity index is 929. The molecule has 27 heavy (non-hydrogen) atoms. The monoisotopic (exact) mass is 402 g/mol. The highest BCUT2D eigenvalue weighted by atomic mass is 35.5. The molecule has 0 aliphatic carbocycles. The number of ether oxygens (including phenoxy) is 1. The number of hydrogen-bond donors (Lipinski definition) is 0. The summed E-state index contributed by atoms with van der Waals surface area (Å²) < 4.78 is 10.5. The number of allylic oxidation sites excluding steroid dienone is 1. The first-order valence-corrected chi connectivity index (χ1v) is 9.64. The van der Waals surface area contributed by atoms with Crippen LogP contribution in [0.3, 0.4) is 0 Å². The number of amidine groups is 1. The van der Waals surface area contributed by atoms with Crippen molar-refractivity contribution in [3.8, 4) is 5.75 Å². The maximum Gasteiger partial charge on any atom is 0.283 e. The largest absolute Gasteiger partial charge is 0.495 e. The fraction of sp³-hybridized carbons (Fsp3) is 0.200. The number of methoxy groups -OCH3 is 1. The molecule has 7 heteroatoms. The normalized spacial score (nSPS) is 15.3. The van der Waals surface area contributed by atoms with Crippen molar-refractivity contribution in [3.63, 3.8) is 0 Å². The molecular weight excluding hydrogens is 384 g/mol. The first kappa shape index (κ1) is 19.3. The average Bonchev–Trinajstić information content (AvgIpc) is 3.24. The molecule has 0 spiro atoms. The lowest BCUT2D eigenvalue weighted by Crippen LogP contribution is -2.30. The van der Waals surface area contributed by atoms with E-state index in [1.807, 2.05) is 13.8 Å². The van der Waals surface area contributed by atoms with E-state index in [4.69, 9.17) is 20.8 Å². The molecule has 0 N–H and O–H groups in total. The van der Waals surface area contributed by atoms with Crippen LogP contribution in [0.25, 0.3) is 6.08 Å². The number of carbonyl (C=O) groups is 1. The zero-order chi connectivity index (χ0) is 19.4. The van der Waals surface area contributed by atoms with E-state index in [9.17, 15) is 4.79 Å². The number of rotatable bonds is 5. The van der Waals surface area contributed by atoms with Gasteiger partial charge in [-0.05, 0) is 44.2 Å². The summed E-state index contributed by atoms with van der Waals surface area (Å²) in [5.74, 6) is 1.61. The Morgan fingerprint density at radius 2 is 2.19 bits per heavy atom. The molecule has 0 fully saturated rings. The Morgan fingerprint density at radius 3 is 2.81 bits per heavy atom. The second kappa shape index (κ2) is 8.50. The van der Waals surface area contributed by atoms with E-state index in [2.05, 4.69) is 11.1 Å². The highest BCUT2D eigenvalue weighted by Gasteiger charge is 2.32. The molecule has 1 aromatic carbocycles. The lowest BCUT2D eigenvalue weighted by Gasteiger charge is -2.18. The minimum Gasteiger partial charge on any atom is -0.495 e. The van der Waals surface area contributed by atoms with Crippen molar-refractivity contribution in [2.75, 3.05) is 17.8 Å². The number of aliphatic imine (C=N–C) groups is 1. The summed E-state index contributed by atoms with van der Waals surface area (Å²) >= 11 is 7.74. The SMILES string of the molecule is COc1ccc(N2C(=O)/C(=C\c3ccco3)N=C2SCC=C(C)C)cc1Cl. The minimum absolute atomic E-state index is 0.229. The molecule has 0 atom stereocenters. The minimum atomic E-state index is -0.229. The van der Waals surface area contributed by atoms with Gasteiger partial charge in [-0.25, -0.2) is 4.99 Å². The van der Waals surface area contributed by atoms with Crippen molar-refractivity contribution >= 4 is 46.2 Å². The molecule has 0 bridgehead atoms. The standard InChI is InChI=1S/C20H19ClN2O3S/c1-13(2)8-10-27-20-22-17(12-15-5-4-9-26-15)19(24)23(20)14-6-7-18(25-3)16(21)11-14/h4-9,11-12H,10H2,1-3H3/b17-12+.